The minimum absolute atomic E-state index is 0.0667. The second kappa shape index (κ2) is 4.11. The van der Waals surface area contributed by atoms with Crippen molar-refractivity contribution in [3.63, 3.8) is 0 Å². The molecule has 2 saturated carbocycles. The Morgan fingerprint density at radius 2 is 2.10 bits per heavy atom. The molecule has 4 rings (SSSR count). The van der Waals surface area contributed by atoms with E-state index in [0.29, 0.717) is 23.1 Å². The maximum absolute atomic E-state index is 12.8. The second-order valence-electron chi connectivity index (χ2n) is 8.54. The van der Waals surface area contributed by atoms with Gasteiger partial charge in [-0.1, -0.05) is 25.9 Å². The number of hydrogen-bond acceptors (Lipinski definition) is 3. The SMILES string of the molecule is CC1(C)CC2CC(C)(CN2C(=O)c2cc(C3CC3)on2)C1. The standard InChI is InChI=1S/C17H24N2O2/c1-16(2)7-12-8-17(3,9-16)10-19(12)15(20)13-6-14(21-18-13)11-4-5-11/h6,11-12H,4-5,7-10H2,1-3H3. The third kappa shape index (κ3) is 2.29. The lowest BCUT2D eigenvalue weighted by Crippen LogP contribution is -2.37. The minimum atomic E-state index is 0.0667. The monoisotopic (exact) mass is 288 g/mol. The first-order chi connectivity index (χ1) is 9.85. The lowest BCUT2D eigenvalue weighted by molar-refractivity contribution is 0.0698. The summed E-state index contributed by atoms with van der Waals surface area (Å²) in [5, 5.41) is 4.03. The quantitative estimate of drug-likeness (QED) is 0.835. The Labute approximate surface area is 125 Å². The number of carbonyl (C=O) groups is 1. The molecule has 4 nitrogen and oxygen atoms in total. The molecular formula is C17H24N2O2. The highest BCUT2D eigenvalue weighted by Gasteiger charge is 2.51. The Hall–Kier alpha value is -1.32. The van der Waals surface area contributed by atoms with Gasteiger partial charge in [0.05, 0.1) is 0 Å². The molecule has 1 amide bonds. The molecule has 114 valence electrons. The molecule has 2 heterocycles. The molecule has 0 spiro atoms. The van der Waals surface area contributed by atoms with Crippen molar-refractivity contribution < 1.29 is 9.32 Å². The summed E-state index contributed by atoms with van der Waals surface area (Å²) in [6.45, 7) is 7.84. The first-order valence-corrected chi connectivity index (χ1v) is 8.13. The average molecular weight is 288 g/mol. The van der Waals surface area contributed by atoms with Gasteiger partial charge in [0.25, 0.3) is 5.91 Å². The number of hydrogen-bond donors (Lipinski definition) is 0. The zero-order valence-electron chi connectivity index (χ0n) is 13.2. The van der Waals surface area contributed by atoms with Crippen molar-refractivity contribution >= 4 is 5.91 Å². The van der Waals surface area contributed by atoms with Crippen molar-refractivity contribution in [2.24, 2.45) is 10.8 Å². The van der Waals surface area contributed by atoms with Gasteiger partial charge in [0.1, 0.15) is 5.76 Å². The van der Waals surface area contributed by atoms with Gasteiger partial charge in [0, 0.05) is 24.6 Å². The molecule has 3 fully saturated rings. The summed E-state index contributed by atoms with van der Waals surface area (Å²) in [6, 6.07) is 2.24. The lowest BCUT2D eigenvalue weighted by Gasteiger charge is -2.39. The summed E-state index contributed by atoms with van der Waals surface area (Å²) in [4.78, 5) is 14.9. The van der Waals surface area contributed by atoms with Crippen LogP contribution in [0.3, 0.4) is 0 Å². The van der Waals surface area contributed by atoms with Crippen molar-refractivity contribution in [2.45, 2.75) is 64.8 Å². The van der Waals surface area contributed by atoms with E-state index in [1.807, 2.05) is 6.07 Å². The highest BCUT2D eigenvalue weighted by Crippen LogP contribution is 2.52. The predicted octanol–water partition coefficient (Wildman–Crippen LogP) is 3.59. The van der Waals surface area contributed by atoms with Crippen LogP contribution in [0.4, 0.5) is 0 Å². The van der Waals surface area contributed by atoms with E-state index in [-0.39, 0.29) is 11.3 Å². The number of aromatic nitrogens is 1. The average Bonchev–Trinajstić information content (AvgIpc) is 3.04. The molecule has 0 radical (unpaired) electrons. The van der Waals surface area contributed by atoms with Crippen LogP contribution in [0.5, 0.6) is 0 Å². The van der Waals surface area contributed by atoms with Gasteiger partial charge in [-0.15, -0.1) is 0 Å². The summed E-state index contributed by atoms with van der Waals surface area (Å²) >= 11 is 0. The van der Waals surface area contributed by atoms with Gasteiger partial charge in [-0.2, -0.15) is 0 Å². The van der Waals surface area contributed by atoms with Crippen molar-refractivity contribution in [2.75, 3.05) is 6.54 Å². The molecule has 21 heavy (non-hydrogen) atoms. The first kappa shape index (κ1) is 13.4. The zero-order valence-corrected chi connectivity index (χ0v) is 13.2. The Balaban J connectivity index is 1.57. The van der Waals surface area contributed by atoms with Crippen LogP contribution in [0.2, 0.25) is 0 Å². The van der Waals surface area contributed by atoms with Gasteiger partial charge >= 0.3 is 0 Å². The van der Waals surface area contributed by atoms with Crippen LogP contribution >= 0.6 is 0 Å². The summed E-state index contributed by atoms with van der Waals surface area (Å²) < 4.78 is 5.35. The van der Waals surface area contributed by atoms with Crippen LogP contribution in [0, 0.1) is 10.8 Å². The van der Waals surface area contributed by atoms with Crippen LogP contribution in [0.25, 0.3) is 0 Å². The fraction of sp³-hybridized carbons (Fsp3) is 0.765. The van der Waals surface area contributed by atoms with Gasteiger partial charge in [0.15, 0.2) is 5.69 Å². The molecule has 2 unspecified atom stereocenters. The number of likely N-dealkylation sites (tertiary alicyclic amines) is 1. The molecule has 1 aliphatic heterocycles. The molecule has 0 aromatic carbocycles. The molecule has 2 atom stereocenters. The van der Waals surface area contributed by atoms with Crippen molar-refractivity contribution in [1.29, 1.82) is 0 Å². The van der Waals surface area contributed by atoms with E-state index in [2.05, 4.69) is 30.8 Å². The highest BCUT2D eigenvalue weighted by molar-refractivity contribution is 5.92. The van der Waals surface area contributed by atoms with Crippen LogP contribution in [-0.4, -0.2) is 28.6 Å². The van der Waals surface area contributed by atoms with Crippen molar-refractivity contribution in [3.8, 4) is 0 Å². The van der Waals surface area contributed by atoms with Gasteiger partial charge in [-0.3, -0.25) is 4.79 Å². The van der Waals surface area contributed by atoms with Crippen molar-refractivity contribution in [1.82, 2.24) is 10.1 Å². The largest absolute Gasteiger partial charge is 0.360 e. The molecule has 0 N–H and O–H groups in total. The fourth-order valence-electron chi connectivity index (χ4n) is 4.79. The van der Waals surface area contributed by atoms with E-state index in [1.54, 1.807) is 0 Å². The number of carbonyl (C=O) groups excluding carboxylic acids is 1. The zero-order chi connectivity index (χ0) is 14.8. The van der Waals surface area contributed by atoms with Crippen LogP contribution in [-0.2, 0) is 0 Å². The summed E-state index contributed by atoms with van der Waals surface area (Å²) in [7, 11) is 0. The summed E-state index contributed by atoms with van der Waals surface area (Å²) in [5.74, 6) is 1.47. The number of nitrogens with zero attached hydrogens (tertiary/aromatic N) is 2. The molecule has 4 heteroatoms. The summed E-state index contributed by atoms with van der Waals surface area (Å²) in [6.07, 6.45) is 5.77. The number of rotatable bonds is 2. The normalized spacial score (nSPS) is 34.2. The van der Waals surface area contributed by atoms with Crippen LogP contribution < -0.4 is 0 Å². The Morgan fingerprint density at radius 3 is 2.81 bits per heavy atom. The van der Waals surface area contributed by atoms with Gasteiger partial charge < -0.3 is 9.42 Å². The third-order valence-corrected chi connectivity index (χ3v) is 5.40. The molecular weight excluding hydrogens is 264 g/mol. The van der Waals surface area contributed by atoms with E-state index in [1.165, 1.54) is 19.3 Å². The molecule has 2 bridgehead atoms. The number of fused-ring (bicyclic) bond motifs is 2. The maximum atomic E-state index is 12.8. The number of amides is 1. The van der Waals surface area contributed by atoms with E-state index in [0.717, 1.165) is 25.1 Å². The van der Waals surface area contributed by atoms with Crippen molar-refractivity contribution in [3.05, 3.63) is 17.5 Å². The smallest absolute Gasteiger partial charge is 0.276 e. The first-order valence-electron chi connectivity index (χ1n) is 8.13. The Kier molecular flexibility index (Phi) is 2.61. The van der Waals surface area contributed by atoms with E-state index >= 15 is 0 Å². The summed E-state index contributed by atoms with van der Waals surface area (Å²) in [5.41, 5.74) is 1.10. The van der Waals surface area contributed by atoms with Crippen LogP contribution in [0.15, 0.2) is 10.6 Å². The predicted molar refractivity (Wildman–Crippen MR) is 79.0 cm³/mol. The van der Waals surface area contributed by atoms with Gasteiger partial charge in [-0.25, -0.2) is 0 Å². The van der Waals surface area contributed by atoms with Gasteiger partial charge in [0.2, 0.25) is 0 Å². The lowest BCUT2D eigenvalue weighted by atomic mass is 9.65. The van der Waals surface area contributed by atoms with E-state index in [4.69, 9.17) is 4.52 Å². The molecule has 1 aromatic rings. The molecule has 1 aromatic heterocycles. The molecule has 1 saturated heterocycles. The minimum Gasteiger partial charge on any atom is -0.360 e. The Morgan fingerprint density at radius 1 is 1.33 bits per heavy atom. The molecule has 2 aliphatic carbocycles. The van der Waals surface area contributed by atoms with Gasteiger partial charge in [-0.05, 0) is 42.9 Å². The molecule has 3 aliphatic rings. The highest BCUT2D eigenvalue weighted by atomic mass is 16.5. The second-order valence-corrected chi connectivity index (χ2v) is 8.54. The topological polar surface area (TPSA) is 46.3 Å². The fourth-order valence-corrected chi connectivity index (χ4v) is 4.79. The third-order valence-electron chi connectivity index (χ3n) is 5.40. The van der Waals surface area contributed by atoms with Crippen LogP contribution in [0.1, 0.15) is 75.0 Å². The van der Waals surface area contributed by atoms with E-state index in [9.17, 15) is 4.79 Å². The van der Waals surface area contributed by atoms with E-state index < -0.39 is 0 Å². The Bertz CT molecular complexity index is 587. The maximum Gasteiger partial charge on any atom is 0.276 e.